The zero-order valence-electron chi connectivity index (χ0n) is 19.5. The van der Waals surface area contributed by atoms with Gasteiger partial charge < -0.3 is 19.3 Å². The molecule has 0 spiro atoms. The van der Waals surface area contributed by atoms with E-state index < -0.39 is 17.6 Å². The van der Waals surface area contributed by atoms with Gasteiger partial charge in [-0.2, -0.15) is 0 Å². The van der Waals surface area contributed by atoms with E-state index in [-0.39, 0.29) is 17.9 Å². The fourth-order valence-corrected chi connectivity index (χ4v) is 5.14. The first-order chi connectivity index (χ1) is 16.8. The maximum absolute atomic E-state index is 13.7. The molecular weight excluding hydrogens is 492 g/mol. The number of allylic oxidation sites excluding steroid dienone is 1. The number of nitrogens with zero attached hydrogens (tertiary/aromatic N) is 2. The zero-order valence-corrected chi connectivity index (χ0v) is 21.1. The standard InChI is InChI=1S/C25H23ClN2O6S/c1-5-34-24(31)21-13(2)27-25-28(22(21)17-12-16(32-3)7-9-19(17)33-4)23(30)20(35-25)11-14-10-15(26)6-8-18(14)29/h6-12,22,29H,5H2,1-4H3. The molecule has 3 aromatic rings. The summed E-state index contributed by atoms with van der Waals surface area (Å²) in [4.78, 5) is 31.7. The molecule has 0 radical (unpaired) electrons. The lowest BCUT2D eigenvalue weighted by atomic mass is 9.94. The first kappa shape index (κ1) is 24.6. The van der Waals surface area contributed by atoms with Gasteiger partial charge in [-0.15, -0.1) is 0 Å². The maximum atomic E-state index is 13.7. The van der Waals surface area contributed by atoms with Gasteiger partial charge >= 0.3 is 5.97 Å². The molecule has 2 aromatic carbocycles. The number of fused-ring (bicyclic) bond motifs is 1. The van der Waals surface area contributed by atoms with E-state index in [1.165, 1.54) is 24.9 Å². The lowest BCUT2D eigenvalue weighted by Crippen LogP contribution is -2.40. The summed E-state index contributed by atoms with van der Waals surface area (Å²) in [6, 6.07) is 8.87. The third-order valence-electron chi connectivity index (χ3n) is 5.52. The molecule has 1 atom stereocenters. The Morgan fingerprint density at radius 2 is 2.00 bits per heavy atom. The number of carbonyl (C=O) groups is 1. The van der Waals surface area contributed by atoms with Crippen LogP contribution in [0.25, 0.3) is 6.08 Å². The maximum Gasteiger partial charge on any atom is 0.338 e. The molecule has 0 saturated carbocycles. The highest BCUT2D eigenvalue weighted by atomic mass is 35.5. The van der Waals surface area contributed by atoms with E-state index in [1.807, 2.05) is 0 Å². The van der Waals surface area contributed by atoms with Gasteiger partial charge in [0.2, 0.25) is 0 Å². The molecule has 1 unspecified atom stereocenters. The first-order valence-corrected chi connectivity index (χ1v) is 11.9. The van der Waals surface area contributed by atoms with E-state index in [9.17, 15) is 14.7 Å². The number of benzene rings is 2. The van der Waals surface area contributed by atoms with Crippen LogP contribution in [-0.2, 0) is 9.53 Å². The Bertz CT molecular complexity index is 1520. The molecule has 35 heavy (non-hydrogen) atoms. The van der Waals surface area contributed by atoms with Crippen LogP contribution in [0.3, 0.4) is 0 Å². The van der Waals surface area contributed by atoms with Crippen LogP contribution < -0.4 is 24.4 Å². The molecule has 8 nitrogen and oxygen atoms in total. The number of phenols is 1. The van der Waals surface area contributed by atoms with Crippen molar-refractivity contribution < 1.29 is 24.1 Å². The minimum Gasteiger partial charge on any atom is -0.507 e. The summed E-state index contributed by atoms with van der Waals surface area (Å²) in [5, 5.41) is 10.7. The van der Waals surface area contributed by atoms with E-state index in [0.29, 0.717) is 42.7 Å². The number of thiazole rings is 1. The molecule has 1 aliphatic rings. The van der Waals surface area contributed by atoms with Crippen LogP contribution in [0.2, 0.25) is 5.02 Å². The van der Waals surface area contributed by atoms with Crippen LogP contribution >= 0.6 is 22.9 Å². The van der Waals surface area contributed by atoms with Gasteiger partial charge in [0, 0.05) is 16.1 Å². The van der Waals surface area contributed by atoms with E-state index in [0.717, 1.165) is 11.3 Å². The third-order valence-corrected chi connectivity index (χ3v) is 6.74. The van der Waals surface area contributed by atoms with Crippen molar-refractivity contribution in [2.24, 2.45) is 4.99 Å². The van der Waals surface area contributed by atoms with E-state index >= 15 is 0 Å². The summed E-state index contributed by atoms with van der Waals surface area (Å²) in [7, 11) is 3.04. The number of phenolic OH excluding ortho intramolecular Hbond substituents is 1. The van der Waals surface area contributed by atoms with Crippen molar-refractivity contribution in [3.05, 3.63) is 83.5 Å². The normalized spacial score (nSPS) is 15.5. The Balaban J connectivity index is 2.04. The number of hydrogen-bond acceptors (Lipinski definition) is 8. The quantitative estimate of drug-likeness (QED) is 0.507. The minimum atomic E-state index is -0.870. The van der Waals surface area contributed by atoms with Crippen molar-refractivity contribution >= 4 is 35.0 Å². The number of ether oxygens (including phenoxy) is 3. The fraction of sp³-hybridized carbons (Fsp3) is 0.240. The van der Waals surface area contributed by atoms with Crippen LogP contribution in [0.1, 0.15) is 31.0 Å². The van der Waals surface area contributed by atoms with Crippen molar-refractivity contribution in [3.8, 4) is 17.2 Å². The van der Waals surface area contributed by atoms with Gasteiger partial charge in [0.15, 0.2) is 4.80 Å². The number of rotatable bonds is 6. The highest BCUT2D eigenvalue weighted by molar-refractivity contribution is 7.07. The molecule has 1 aromatic heterocycles. The number of aromatic hydroxyl groups is 1. The lowest BCUT2D eigenvalue weighted by molar-refractivity contribution is -0.139. The van der Waals surface area contributed by atoms with Gasteiger partial charge in [-0.05, 0) is 56.3 Å². The van der Waals surface area contributed by atoms with Gasteiger partial charge in [0.05, 0.1) is 36.6 Å². The Kier molecular flexibility index (Phi) is 7.00. The summed E-state index contributed by atoms with van der Waals surface area (Å²) in [6.45, 7) is 3.57. The predicted octanol–water partition coefficient (Wildman–Crippen LogP) is 3.17. The largest absolute Gasteiger partial charge is 0.507 e. The Hall–Kier alpha value is -3.56. The Morgan fingerprint density at radius 3 is 2.69 bits per heavy atom. The molecule has 4 rings (SSSR count). The molecule has 2 heterocycles. The highest BCUT2D eigenvalue weighted by Gasteiger charge is 2.35. The van der Waals surface area contributed by atoms with E-state index in [1.54, 1.807) is 50.3 Å². The molecule has 182 valence electrons. The Labute approximate surface area is 210 Å². The second kappa shape index (κ2) is 9.97. The van der Waals surface area contributed by atoms with Crippen LogP contribution in [0.15, 0.2) is 57.5 Å². The number of aromatic nitrogens is 1. The molecule has 1 N–H and O–H groups in total. The third kappa shape index (κ3) is 4.56. The van der Waals surface area contributed by atoms with Crippen molar-refractivity contribution in [2.45, 2.75) is 19.9 Å². The average Bonchev–Trinajstić information content (AvgIpc) is 3.14. The smallest absolute Gasteiger partial charge is 0.338 e. The molecule has 0 aliphatic carbocycles. The van der Waals surface area contributed by atoms with Gasteiger partial charge in [-0.1, -0.05) is 22.9 Å². The number of hydrogen-bond donors (Lipinski definition) is 1. The topological polar surface area (TPSA) is 99.4 Å². The average molecular weight is 515 g/mol. The number of halogens is 1. The van der Waals surface area contributed by atoms with Crippen LogP contribution in [0.5, 0.6) is 17.2 Å². The summed E-state index contributed by atoms with van der Waals surface area (Å²) in [5.74, 6) is 0.402. The van der Waals surface area contributed by atoms with Crippen molar-refractivity contribution in [3.63, 3.8) is 0 Å². The number of carbonyl (C=O) groups excluding carboxylic acids is 1. The number of esters is 1. The van der Waals surface area contributed by atoms with Crippen molar-refractivity contribution in [2.75, 3.05) is 20.8 Å². The fourth-order valence-electron chi connectivity index (χ4n) is 3.92. The van der Waals surface area contributed by atoms with Gasteiger partial charge in [0.25, 0.3) is 5.56 Å². The monoisotopic (exact) mass is 514 g/mol. The molecule has 10 heteroatoms. The molecule has 0 bridgehead atoms. The SMILES string of the molecule is CCOC(=O)C1=C(C)N=c2sc(=Cc3cc(Cl)ccc3O)c(=O)n2C1c1cc(OC)ccc1OC. The first-order valence-electron chi connectivity index (χ1n) is 10.7. The van der Waals surface area contributed by atoms with Crippen LogP contribution in [0.4, 0.5) is 0 Å². The molecule has 0 fully saturated rings. The van der Waals surface area contributed by atoms with Crippen LogP contribution in [-0.4, -0.2) is 36.5 Å². The second-order valence-electron chi connectivity index (χ2n) is 7.61. The summed E-state index contributed by atoms with van der Waals surface area (Å²) < 4.78 is 18.1. The zero-order chi connectivity index (χ0) is 25.3. The van der Waals surface area contributed by atoms with Crippen LogP contribution in [0, 0.1) is 0 Å². The minimum absolute atomic E-state index is 0.0188. The number of methoxy groups -OCH3 is 2. The summed E-state index contributed by atoms with van der Waals surface area (Å²) in [6.07, 6.45) is 1.55. The second-order valence-corrected chi connectivity index (χ2v) is 9.06. The summed E-state index contributed by atoms with van der Waals surface area (Å²) >= 11 is 7.22. The van der Waals surface area contributed by atoms with Gasteiger partial charge in [-0.3, -0.25) is 9.36 Å². The molecule has 0 saturated heterocycles. The predicted molar refractivity (Wildman–Crippen MR) is 133 cm³/mol. The van der Waals surface area contributed by atoms with E-state index in [4.69, 9.17) is 25.8 Å². The molecule has 1 aliphatic heterocycles. The van der Waals surface area contributed by atoms with Gasteiger partial charge in [0.1, 0.15) is 23.3 Å². The Morgan fingerprint density at radius 1 is 1.23 bits per heavy atom. The van der Waals surface area contributed by atoms with E-state index in [2.05, 4.69) is 4.99 Å². The van der Waals surface area contributed by atoms with Crippen molar-refractivity contribution in [1.82, 2.24) is 4.57 Å². The highest BCUT2D eigenvalue weighted by Crippen LogP contribution is 2.37. The van der Waals surface area contributed by atoms with Gasteiger partial charge in [-0.25, -0.2) is 9.79 Å². The molecular formula is C25H23ClN2O6S. The lowest BCUT2D eigenvalue weighted by Gasteiger charge is -2.26. The summed E-state index contributed by atoms with van der Waals surface area (Å²) in [5.41, 5.74) is 1.19. The molecule has 0 amide bonds. The van der Waals surface area contributed by atoms with Crippen molar-refractivity contribution in [1.29, 1.82) is 0 Å².